The molecule has 1 aromatic heterocycles. The van der Waals surface area contributed by atoms with Gasteiger partial charge in [0.15, 0.2) is 5.69 Å². The van der Waals surface area contributed by atoms with E-state index in [0.29, 0.717) is 0 Å². The van der Waals surface area contributed by atoms with Crippen LogP contribution >= 0.6 is 0 Å². The van der Waals surface area contributed by atoms with Crippen LogP contribution in [0.2, 0.25) is 0 Å². The van der Waals surface area contributed by atoms with E-state index in [9.17, 15) is 19.7 Å². The Labute approximate surface area is 95.8 Å². The zero-order valence-corrected chi connectivity index (χ0v) is 9.18. The summed E-state index contributed by atoms with van der Waals surface area (Å²) in [7, 11) is 0. The number of nitrogens with zero attached hydrogens (tertiary/aromatic N) is 1. The first-order valence-corrected chi connectivity index (χ1v) is 4.63. The monoisotopic (exact) mass is 241 g/mol. The third-order valence-electron chi connectivity index (χ3n) is 2.07. The normalized spacial score (nSPS) is 10.9. The average Bonchev–Trinajstić information content (AvgIpc) is 2.65. The predicted molar refractivity (Wildman–Crippen MR) is 56.6 cm³/mol. The van der Waals surface area contributed by atoms with Crippen LogP contribution in [0.25, 0.3) is 0 Å². The molecule has 1 heterocycles. The van der Waals surface area contributed by atoms with Crippen molar-refractivity contribution in [3.05, 3.63) is 27.9 Å². The number of carbonyl (C=O) groups excluding carboxylic acids is 1. The lowest BCUT2D eigenvalue weighted by molar-refractivity contribution is -0.389. The van der Waals surface area contributed by atoms with Gasteiger partial charge in [0.05, 0.1) is 0 Å². The molecule has 0 radical (unpaired) electrons. The van der Waals surface area contributed by atoms with Gasteiger partial charge in [0.25, 0.3) is 5.91 Å². The lowest BCUT2D eigenvalue weighted by atomic mass is 10.1. The number of carboxylic acids is 1. The van der Waals surface area contributed by atoms with E-state index in [2.05, 4.69) is 10.3 Å². The van der Waals surface area contributed by atoms with E-state index in [-0.39, 0.29) is 11.5 Å². The molecule has 0 atom stereocenters. The van der Waals surface area contributed by atoms with Gasteiger partial charge >= 0.3 is 11.8 Å². The van der Waals surface area contributed by atoms with Crippen molar-refractivity contribution in [1.29, 1.82) is 0 Å². The van der Waals surface area contributed by atoms with Crippen LogP contribution in [-0.4, -0.2) is 32.4 Å². The topological polar surface area (TPSA) is 125 Å². The Morgan fingerprint density at radius 1 is 1.47 bits per heavy atom. The summed E-state index contributed by atoms with van der Waals surface area (Å²) >= 11 is 0. The van der Waals surface area contributed by atoms with Gasteiger partial charge in [0.1, 0.15) is 5.54 Å². The van der Waals surface area contributed by atoms with Gasteiger partial charge in [0, 0.05) is 6.07 Å². The van der Waals surface area contributed by atoms with Crippen molar-refractivity contribution in [1.82, 2.24) is 10.3 Å². The molecule has 17 heavy (non-hydrogen) atoms. The molecule has 0 aliphatic heterocycles. The number of H-pyrrole nitrogens is 1. The summed E-state index contributed by atoms with van der Waals surface area (Å²) in [5, 5.41) is 21.4. The Kier molecular flexibility index (Phi) is 3.16. The molecule has 8 nitrogen and oxygen atoms in total. The van der Waals surface area contributed by atoms with Crippen LogP contribution in [0.5, 0.6) is 0 Å². The van der Waals surface area contributed by atoms with E-state index < -0.39 is 22.3 Å². The molecular formula is C9H11N3O5. The first kappa shape index (κ1) is 12.7. The Bertz CT molecular complexity index is 477. The molecule has 92 valence electrons. The maximum atomic E-state index is 11.6. The van der Waals surface area contributed by atoms with Crippen LogP contribution in [0, 0.1) is 10.1 Å². The van der Waals surface area contributed by atoms with Crippen molar-refractivity contribution in [2.75, 3.05) is 0 Å². The van der Waals surface area contributed by atoms with Gasteiger partial charge in [-0.3, -0.25) is 4.79 Å². The minimum absolute atomic E-state index is 0.0639. The fourth-order valence-corrected chi connectivity index (χ4v) is 1.03. The summed E-state index contributed by atoms with van der Waals surface area (Å²) in [6.07, 6.45) is 0. The van der Waals surface area contributed by atoms with Gasteiger partial charge in [-0.15, -0.1) is 0 Å². The van der Waals surface area contributed by atoms with Crippen LogP contribution in [0.3, 0.4) is 0 Å². The van der Waals surface area contributed by atoms with E-state index in [1.54, 1.807) is 0 Å². The minimum Gasteiger partial charge on any atom is -0.480 e. The molecule has 1 rings (SSSR count). The maximum absolute atomic E-state index is 11.6. The number of hydrogen-bond acceptors (Lipinski definition) is 4. The summed E-state index contributed by atoms with van der Waals surface area (Å²) in [6, 6.07) is 2.34. The second kappa shape index (κ2) is 4.24. The Hall–Kier alpha value is -2.38. The van der Waals surface area contributed by atoms with Crippen molar-refractivity contribution in [3.63, 3.8) is 0 Å². The van der Waals surface area contributed by atoms with Crippen LogP contribution in [0.15, 0.2) is 12.1 Å². The highest BCUT2D eigenvalue weighted by molar-refractivity contribution is 5.96. The Balaban J connectivity index is 2.83. The number of carbonyl (C=O) groups is 2. The lowest BCUT2D eigenvalue weighted by Crippen LogP contribution is -2.49. The molecule has 0 fully saturated rings. The van der Waals surface area contributed by atoms with Crippen LogP contribution in [-0.2, 0) is 4.79 Å². The average molecular weight is 241 g/mol. The van der Waals surface area contributed by atoms with Crippen molar-refractivity contribution in [2.24, 2.45) is 0 Å². The summed E-state index contributed by atoms with van der Waals surface area (Å²) in [4.78, 5) is 34.3. The van der Waals surface area contributed by atoms with Gasteiger partial charge < -0.3 is 20.5 Å². The number of hydrogen-bond donors (Lipinski definition) is 3. The van der Waals surface area contributed by atoms with Crippen LogP contribution in [0.4, 0.5) is 5.82 Å². The molecule has 0 spiro atoms. The SMILES string of the molecule is CC(C)(NC(=O)c1ccc([N+](=O)[O-])[nH]1)C(=O)O. The van der Waals surface area contributed by atoms with E-state index in [0.717, 1.165) is 6.07 Å². The molecule has 1 aromatic rings. The van der Waals surface area contributed by atoms with Crippen LogP contribution in [0.1, 0.15) is 24.3 Å². The zero-order chi connectivity index (χ0) is 13.2. The third-order valence-corrected chi connectivity index (χ3v) is 2.07. The highest BCUT2D eigenvalue weighted by atomic mass is 16.6. The van der Waals surface area contributed by atoms with Crippen molar-refractivity contribution < 1.29 is 19.6 Å². The third kappa shape index (κ3) is 2.80. The number of aromatic amines is 1. The number of aromatic nitrogens is 1. The quantitative estimate of drug-likeness (QED) is 0.523. The summed E-state index contributed by atoms with van der Waals surface area (Å²) in [6.45, 7) is 2.62. The molecule has 0 aromatic carbocycles. The second-order valence-electron chi connectivity index (χ2n) is 3.90. The number of amides is 1. The number of nitrogens with one attached hydrogen (secondary N) is 2. The fraction of sp³-hybridized carbons (Fsp3) is 0.333. The van der Waals surface area contributed by atoms with Crippen molar-refractivity contribution >= 4 is 17.7 Å². The Morgan fingerprint density at radius 2 is 2.06 bits per heavy atom. The number of carboxylic acid groups (broad SMARTS) is 1. The van der Waals surface area contributed by atoms with Gasteiger partial charge in [-0.1, -0.05) is 0 Å². The molecule has 0 aliphatic carbocycles. The number of rotatable bonds is 4. The van der Waals surface area contributed by atoms with Gasteiger partial charge in [-0.25, -0.2) is 9.78 Å². The van der Waals surface area contributed by atoms with E-state index in [4.69, 9.17) is 5.11 Å². The largest absolute Gasteiger partial charge is 0.480 e. The number of aliphatic carboxylic acids is 1. The summed E-state index contributed by atoms with van der Waals surface area (Å²) in [5.74, 6) is -2.25. The maximum Gasteiger partial charge on any atom is 0.328 e. The standard InChI is InChI=1S/C9H11N3O5/c1-9(2,8(14)15)11-7(13)5-3-4-6(10-5)12(16)17/h3-4,10H,1-2H3,(H,11,13)(H,14,15). The van der Waals surface area contributed by atoms with Crippen molar-refractivity contribution in [3.8, 4) is 0 Å². The summed E-state index contributed by atoms with van der Waals surface area (Å²) < 4.78 is 0. The molecule has 1 amide bonds. The molecular weight excluding hydrogens is 230 g/mol. The highest BCUT2D eigenvalue weighted by Crippen LogP contribution is 2.11. The smallest absolute Gasteiger partial charge is 0.328 e. The van der Waals surface area contributed by atoms with Gasteiger partial charge in [0.2, 0.25) is 0 Å². The van der Waals surface area contributed by atoms with Gasteiger partial charge in [-0.2, -0.15) is 0 Å². The molecule has 0 saturated carbocycles. The Morgan fingerprint density at radius 3 is 2.47 bits per heavy atom. The molecule has 0 saturated heterocycles. The van der Waals surface area contributed by atoms with E-state index in [1.807, 2.05) is 0 Å². The van der Waals surface area contributed by atoms with Gasteiger partial charge in [-0.05, 0) is 24.8 Å². The summed E-state index contributed by atoms with van der Waals surface area (Å²) in [5.41, 5.74) is -1.51. The highest BCUT2D eigenvalue weighted by Gasteiger charge is 2.30. The fourth-order valence-electron chi connectivity index (χ4n) is 1.03. The van der Waals surface area contributed by atoms with E-state index >= 15 is 0 Å². The number of nitro groups is 1. The second-order valence-corrected chi connectivity index (χ2v) is 3.90. The first-order valence-electron chi connectivity index (χ1n) is 4.63. The first-order chi connectivity index (χ1) is 7.74. The lowest BCUT2D eigenvalue weighted by Gasteiger charge is -2.19. The van der Waals surface area contributed by atoms with E-state index in [1.165, 1.54) is 19.9 Å². The molecule has 3 N–H and O–H groups in total. The predicted octanol–water partition coefficient (Wildman–Crippen LogP) is 0.516. The minimum atomic E-state index is -1.45. The molecule has 0 bridgehead atoms. The van der Waals surface area contributed by atoms with Crippen molar-refractivity contribution in [2.45, 2.75) is 19.4 Å². The molecule has 8 heteroatoms. The van der Waals surface area contributed by atoms with Crippen LogP contribution < -0.4 is 5.32 Å². The zero-order valence-electron chi connectivity index (χ0n) is 9.18. The molecule has 0 aliphatic rings. The molecule has 0 unspecified atom stereocenters.